The number of nitrogens with zero attached hydrogens (tertiary/aromatic N) is 3. The van der Waals surface area contributed by atoms with E-state index in [-0.39, 0.29) is 17.3 Å². The van der Waals surface area contributed by atoms with Gasteiger partial charge in [0.2, 0.25) is 5.95 Å². The minimum absolute atomic E-state index is 0.114. The van der Waals surface area contributed by atoms with E-state index in [0.717, 1.165) is 11.8 Å². The summed E-state index contributed by atoms with van der Waals surface area (Å²) < 4.78 is 1.08. The van der Waals surface area contributed by atoms with Gasteiger partial charge < -0.3 is 5.11 Å². The van der Waals surface area contributed by atoms with Crippen molar-refractivity contribution >= 4 is 44.0 Å². The number of aromatic nitrogens is 3. The number of H-pyrrole nitrogens is 1. The molecule has 2 aromatic rings. The highest BCUT2D eigenvalue weighted by Gasteiger charge is 2.04. The summed E-state index contributed by atoms with van der Waals surface area (Å²) in [6, 6.07) is 3.37. The molecule has 0 unspecified atom stereocenters. The molecule has 0 aliphatic rings. The van der Waals surface area contributed by atoms with Crippen LogP contribution >= 0.6 is 31.9 Å². The molecule has 19 heavy (non-hydrogen) atoms. The summed E-state index contributed by atoms with van der Waals surface area (Å²) in [5, 5.41) is 20.5. The zero-order valence-electron chi connectivity index (χ0n) is 9.26. The number of hydrogen-bond donors (Lipinski definition) is 3. The Bertz CT molecular complexity index is 663. The van der Waals surface area contributed by atoms with E-state index in [1.165, 1.54) is 6.21 Å². The number of hydrazone groups is 1. The molecular formula is C10H7Br2N5O2. The number of anilines is 1. The van der Waals surface area contributed by atoms with Crippen LogP contribution in [0.15, 0.2) is 37.2 Å². The Morgan fingerprint density at radius 1 is 1.37 bits per heavy atom. The molecule has 1 heterocycles. The number of aromatic hydroxyl groups is 1. The summed E-state index contributed by atoms with van der Waals surface area (Å²) in [5.41, 5.74) is 2.89. The molecule has 0 radical (unpaired) electrons. The molecule has 1 aromatic heterocycles. The molecule has 0 amide bonds. The highest BCUT2D eigenvalue weighted by molar-refractivity contribution is 9.11. The van der Waals surface area contributed by atoms with Gasteiger partial charge in [-0.25, -0.2) is 5.43 Å². The largest absolute Gasteiger partial charge is 0.506 e. The Hall–Kier alpha value is -1.74. The summed E-state index contributed by atoms with van der Waals surface area (Å²) in [5.74, 6) is 0.254. The van der Waals surface area contributed by atoms with Gasteiger partial charge in [-0.1, -0.05) is 0 Å². The molecule has 3 N–H and O–H groups in total. The fourth-order valence-electron chi connectivity index (χ4n) is 1.19. The summed E-state index contributed by atoms with van der Waals surface area (Å²) in [6.07, 6.45) is 2.56. The molecule has 0 aliphatic heterocycles. The van der Waals surface area contributed by atoms with Crippen molar-refractivity contribution in [1.82, 2.24) is 15.2 Å². The van der Waals surface area contributed by atoms with Gasteiger partial charge in [-0.3, -0.25) is 9.78 Å². The van der Waals surface area contributed by atoms with Crippen molar-refractivity contribution in [3.05, 3.63) is 43.2 Å². The average Bonchev–Trinajstić information content (AvgIpc) is 2.36. The first-order valence-electron chi connectivity index (χ1n) is 4.95. The van der Waals surface area contributed by atoms with Crippen LogP contribution in [-0.4, -0.2) is 26.5 Å². The van der Waals surface area contributed by atoms with Crippen molar-refractivity contribution in [2.75, 3.05) is 5.43 Å². The second-order valence-corrected chi connectivity index (χ2v) is 5.09. The number of hydrogen-bond acceptors (Lipinski definition) is 6. The van der Waals surface area contributed by atoms with E-state index in [4.69, 9.17) is 0 Å². The lowest BCUT2D eigenvalue weighted by atomic mass is 10.2. The Morgan fingerprint density at radius 2 is 2.05 bits per heavy atom. The molecule has 0 fully saturated rings. The van der Waals surface area contributed by atoms with Crippen LogP contribution in [0.4, 0.5) is 5.95 Å². The second kappa shape index (κ2) is 5.93. The van der Waals surface area contributed by atoms with Crippen molar-refractivity contribution in [2.45, 2.75) is 0 Å². The van der Waals surface area contributed by atoms with Crippen LogP contribution in [0.5, 0.6) is 5.75 Å². The Kier molecular flexibility index (Phi) is 4.27. The van der Waals surface area contributed by atoms with Gasteiger partial charge in [0.1, 0.15) is 11.9 Å². The standard InChI is InChI=1S/C10H7Br2N5O2/c11-6-1-5(2-7(12)9(6)19)3-13-16-10-15-8(18)4-14-17-10/h1-4,19H,(H2,15,16,17,18)/b13-3-. The third-order valence-electron chi connectivity index (χ3n) is 2.00. The summed E-state index contributed by atoms with van der Waals surface area (Å²) in [6.45, 7) is 0. The molecule has 98 valence electrons. The van der Waals surface area contributed by atoms with Crippen LogP contribution in [0, 0.1) is 0 Å². The summed E-state index contributed by atoms with van der Waals surface area (Å²) in [4.78, 5) is 13.4. The van der Waals surface area contributed by atoms with Gasteiger partial charge in [-0.05, 0) is 49.6 Å². The molecule has 0 aliphatic carbocycles. The van der Waals surface area contributed by atoms with Gasteiger partial charge in [0.05, 0.1) is 15.2 Å². The van der Waals surface area contributed by atoms with Crippen LogP contribution in [0.1, 0.15) is 5.56 Å². The number of rotatable bonds is 3. The Balaban J connectivity index is 2.13. The fraction of sp³-hybridized carbons (Fsp3) is 0. The average molecular weight is 389 g/mol. The van der Waals surface area contributed by atoms with Crippen LogP contribution in [-0.2, 0) is 0 Å². The third-order valence-corrected chi connectivity index (χ3v) is 3.21. The maximum absolute atomic E-state index is 11.0. The normalized spacial score (nSPS) is 10.8. The van der Waals surface area contributed by atoms with Crippen LogP contribution in [0.3, 0.4) is 0 Å². The zero-order chi connectivity index (χ0) is 13.8. The third kappa shape index (κ3) is 3.61. The lowest BCUT2D eigenvalue weighted by Gasteiger charge is -2.02. The quantitative estimate of drug-likeness (QED) is 0.549. The van der Waals surface area contributed by atoms with Gasteiger partial charge in [0.25, 0.3) is 5.56 Å². The topological polar surface area (TPSA) is 103 Å². The number of aromatic amines is 1. The molecule has 0 atom stereocenters. The number of benzene rings is 1. The lowest BCUT2D eigenvalue weighted by molar-refractivity contribution is 0.468. The van der Waals surface area contributed by atoms with E-state index in [0.29, 0.717) is 8.95 Å². The van der Waals surface area contributed by atoms with E-state index in [1.807, 2.05) is 0 Å². The predicted molar refractivity (Wildman–Crippen MR) is 77.4 cm³/mol. The van der Waals surface area contributed by atoms with Gasteiger partial charge in [-0.15, -0.1) is 10.2 Å². The Morgan fingerprint density at radius 3 is 2.68 bits per heavy atom. The molecule has 2 rings (SSSR count). The lowest BCUT2D eigenvalue weighted by Crippen LogP contribution is -2.10. The van der Waals surface area contributed by atoms with Gasteiger partial charge >= 0.3 is 0 Å². The van der Waals surface area contributed by atoms with Crippen molar-refractivity contribution in [1.29, 1.82) is 0 Å². The molecule has 9 heteroatoms. The zero-order valence-corrected chi connectivity index (χ0v) is 12.4. The number of phenolic OH excluding ortho intramolecular Hbond substituents is 1. The molecular weight excluding hydrogens is 382 g/mol. The molecule has 1 aromatic carbocycles. The van der Waals surface area contributed by atoms with E-state index < -0.39 is 0 Å². The second-order valence-electron chi connectivity index (χ2n) is 3.39. The molecule has 0 saturated carbocycles. The minimum atomic E-state index is -0.372. The minimum Gasteiger partial charge on any atom is -0.506 e. The maximum atomic E-state index is 11.0. The van der Waals surface area contributed by atoms with Crippen molar-refractivity contribution in [2.24, 2.45) is 5.10 Å². The number of nitrogens with one attached hydrogen (secondary N) is 2. The van der Waals surface area contributed by atoms with Crippen LogP contribution < -0.4 is 11.0 Å². The first kappa shape index (κ1) is 13.7. The first-order valence-corrected chi connectivity index (χ1v) is 6.54. The highest BCUT2D eigenvalue weighted by Crippen LogP contribution is 2.32. The predicted octanol–water partition coefficient (Wildman–Crippen LogP) is 1.84. The van der Waals surface area contributed by atoms with E-state index in [2.05, 4.69) is 57.6 Å². The monoisotopic (exact) mass is 387 g/mol. The van der Waals surface area contributed by atoms with Crippen LogP contribution in [0.25, 0.3) is 0 Å². The van der Waals surface area contributed by atoms with E-state index in [1.54, 1.807) is 12.1 Å². The fourth-order valence-corrected chi connectivity index (χ4v) is 2.41. The van der Waals surface area contributed by atoms with Crippen molar-refractivity contribution in [3.8, 4) is 5.75 Å². The first-order chi connectivity index (χ1) is 9.06. The smallest absolute Gasteiger partial charge is 0.271 e. The molecule has 0 saturated heterocycles. The van der Waals surface area contributed by atoms with Crippen molar-refractivity contribution < 1.29 is 5.11 Å². The number of phenols is 1. The molecule has 0 bridgehead atoms. The van der Waals surface area contributed by atoms with Gasteiger partial charge in [0.15, 0.2) is 0 Å². The van der Waals surface area contributed by atoms with Gasteiger partial charge in [0, 0.05) is 0 Å². The molecule has 7 nitrogen and oxygen atoms in total. The summed E-state index contributed by atoms with van der Waals surface area (Å²) in [7, 11) is 0. The molecule has 0 spiro atoms. The summed E-state index contributed by atoms with van der Waals surface area (Å²) >= 11 is 6.42. The van der Waals surface area contributed by atoms with E-state index >= 15 is 0 Å². The van der Waals surface area contributed by atoms with Crippen molar-refractivity contribution in [3.63, 3.8) is 0 Å². The van der Waals surface area contributed by atoms with E-state index in [9.17, 15) is 9.90 Å². The SMILES string of the molecule is O=c1cnnc(N/N=C\c2cc(Br)c(O)c(Br)c2)[nH]1. The highest BCUT2D eigenvalue weighted by atomic mass is 79.9. The van der Waals surface area contributed by atoms with Gasteiger partial charge in [-0.2, -0.15) is 5.10 Å². The van der Waals surface area contributed by atoms with Crippen LogP contribution in [0.2, 0.25) is 0 Å². The Labute approximate surface area is 124 Å². The maximum Gasteiger partial charge on any atom is 0.271 e. The number of halogens is 2.